The summed E-state index contributed by atoms with van der Waals surface area (Å²) >= 11 is 5.89. The zero-order valence-electron chi connectivity index (χ0n) is 8.12. The number of hydrogen-bond acceptors (Lipinski definition) is 1. The highest BCUT2D eigenvalue weighted by molar-refractivity contribution is 6.31. The van der Waals surface area contributed by atoms with Crippen molar-refractivity contribution in [3.05, 3.63) is 34.9 Å². The Bertz CT molecular complexity index is 341. The number of hydrogen-bond donors (Lipinski definition) is 1. The first-order chi connectivity index (χ1) is 7.15. The Hall–Kier alpha value is -1.09. The number of alkyl halides is 1. The van der Waals surface area contributed by atoms with Gasteiger partial charge in [0.2, 0.25) is 0 Å². The molecular weight excluding hydrogens is 219 g/mol. The van der Waals surface area contributed by atoms with E-state index in [1.165, 1.54) is 0 Å². The minimum atomic E-state index is -0.979. The van der Waals surface area contributed by atoms with E-state index < -0.39 is 18.6 Å². The molecule has 0 saturated carbocycles. The van der Waals surface area contributed by atoms with Gasteiger partial charge in [0.05, 0.1) is 12.6 Å². The highest BCUT2D eigenvalue weighted by Crippen LogP contribution is 2.20. The number of halogens is 2. The summed E-state index contributed by atoms with van der Waals surface area (Å²) in [5.41, 5.74) is 0.750. The molecule has 2 nitrogen and oxygen atoms in total. The summed E-state index contributed by atoms with van der Waals surface area (Å²) in [4.78, 5) is 10.8. The zero-order valence-corrected chi connectivity index (χ0v) is 8.88. The van der Waals surface area contributed by atoms with Gasteiger partial charge in [0.1, 0.15) is 0 Å². The molecule has 1 aromatic rings. The molecule has 0 amide bonds. The Morgan fingerprint density at radius 2 is 2.13 bits per heavy atom. The second kappa shape index (κ2) is 5.71. The third kappa shape index (κ3) is 3.51. The molecule has 0 heterocycles. The lowest BCUT2D eigenvalue weighted by Gasteiger charge is -2.11. The minimum Gasteiger partial charge on any atom is -0.481 e. The lowest BCUT2D eigenvalue weighted by molar-refractivity contribution is -0.142. The van der Waals surface area contributed by atoms with E-state index in [0.717, 1.165) is 5.56 Å². The first kappa shape index (κ1) is 12.0. The predicted octanol–water partition coefficient (Wildman–Crippen LogP) is 2.94. The minimum absolute atomic E-state index is 0.0283. The van der Waals surface area contributed by atoms with Gasteiger partial charge in [0.25, 0.3) is 0 Å². The largest absolute Gasteiger partial charge is 0.481 e. The Morgan fingerprint density at radius 1 is 1.47 bits per heavy atom. The van der Waals surface area contributed by atoms with Crippen molar-refractivity contribution in [2.45, 2.75) is 12.8 Å². The van der Waals surface area contributed by atoms with Gasteiger partial charge in [-0.3, -0.25) is 9.18 Å². The molecule has 1 unspecified atom stereocenters. The van der Waals surface area contributed by atoms with Gasteiger partial charge >= 0.3 is 5.97 Å². The molecule has 1 aromatic carbocycles. The van der Waals surface area contributed by atoms with Crippen molar-refractivity contribution in [1.82, 2.24) is 0 Å². The summed E-state index contributed by atoms with van der Waals surface area (Å²) < 4.78 is 12.1. The standard InChI is InChI=1S/C11H12ClFO2/c12-10-4-2-1-3-8(10)7-9(5-6-13)11(14)15/h1-4,9H,5-7H2,(H,14,15). The molecule has 0 bridgehead atoms. The molecule has 0 aliphatic rings. The van der Waals surface area contributed by atoms with E-state index in [0.29, 0.717) is 5.02 Å². The van der Waals surface area contributed by atoms with E-state index >= 15 is 0 Å². The number of carboxylic acid groups (broad SMARTS) is 1. The fourth-order valence-corrected chi connectivity index (χ4v) is 1.59. The van der Waals surface area contributed by atoms with Crippen molar-refractivity contribution in [2.24, 2.45) is 5.92 Å². The fourth-order valence-electron chi connectivity index (χ4n) is 1.37. The number of carbonyl (C=O) groups is 1. The van der Waals surface area contributed by atoms with E-state index in [-0.39, 0.29) is 12.8 Å². The lowest BCUT2D eigenvalue weighted by Crippen LogP contribution is -2.17. The first-order valence-electron chi connectivity index (χ1n) is 4.67. The Balaban J connectivity index is 2.74. The second-order valence-electron chi connectivity index (χ2n) is 3.31. The summed E-state index contributed by atoms with van der Waals surface area (Å²) in [5.74, 6) is -1.68. The summed E-state index contributed by atoms with van der Waals surface area (Å²) in [7, 11) is 0. The van der Waals surface area contributed by atoms with Crippen molar-refractivity contribution in [1.29, 1.82) is 0 Å². The summed E-state index contributed by atoms with van der Waals surface area (Å²) in [6, 6.07) is 7.02. The Labute approximate surface area is 92.7 Å². The topological polar surface area (TPSA) is 37.3 Å². The van der Waals surface area contributed by atoms with Gasteiger partial charge in [-0.25, -0.2) is 0 Å². The summed E-state index contributed by atoms with van der Waals surface area (Å²) in [5, 5.41) is 9.38. The SMILES string of the molecule is O=C(O)C(CCF)Cc1ccccc1Cl. The molecule has 0 aliphatic carbocycles. The third-order valence-corrected chi connectivity index (χ3v) is 2.60. The molecule has 4 heteroatoms. The molecule has 1 N–H and O–H groups in total. The van der Waals surface area contributed by atoms with E-state index in [1.807, 2.05) is 0 Å². The Morgan fingerprint density at radius 3 is 2.67 bits per heavy atom. The molecule has 0 spiro atoms. The van der Waals surface area contributed by atoms with Gasteiger partial charge in [-0.1, -0.05) is 29.8 Å². The molecule has 0 radical (unpaired) electrons. The number of carboxylic acids is 1. The van der Waals surface area contributed by atoms with Crippen LogP contribution in [0.2, 0.25) is 5.02 Å². The molecule has 0 aromatic heterocycles. The lowest BCUT2D eigenvalue weighted by atomic mass is 9.97. The monoisotopic (exact) mass is 230 g/mol. The highest BCUT2D eigenvalue weighted by atomic mass is 35.5. The molecule has 0 aliphatic heterocycles. The Kier molecular flexibility index (Phi) is 4.56. The molecule has 1 atom stereocenters. The quantitative estimate of drug-likeness (QED) is 0.845. The smallest absolute Gasteiger partial charge is 0.306 e. The van der Waals surface area contributed by atoms with Crippen LogP contribution in [0, 0.1) is 5.92 Å². The zero-order chi connectivity index (χ0) is 11.3. The van der Waals surface area contributed by atoms with Gasteiger partial charge in [-0.2, -0.15) is 0 Å². The summed E-state index contributed by atoms with van der Waals surface area (Å²) in [6.45, 7) is -0.624. The maximum absolute atomic E-state index is 12.1. The van der Waals surface area contributed by atoms with Gasteiger partial charge in [-0.15, -0.1) is 0 Å². The van der Waals surface area contributed by atoms with Crippen LogP contribution in [0.3, 0.4) is 0 Å². The van der Waals surface area contributed by atoms with Crippen LogP contribution in [-0.4, -0.2) is 17.8 Å². The maximum atomic E-state index is 12.1. The molecule has 0 fully saturated rings. The molecule has 15 heavy (non-hydrogen) atoms. The molecule has 1 rings (SSSR count). The average Bonchev–Trinajstić information content (AvgIpc) is 2.20. The van der Waals surface area contributed by atoms with Crippen molar-refractivity contribution in [3.8, 4) is 0 Å². The predicted molar refractivity (Wildman–Crippen MR) is 56.9 cm³/mol. The second-order valence-corrected chi connectivity index (χ2v) is 3.72. The van der Waals surface area contributed by atoms with Crippen molar-refractivity contribution >= 4 is 17.6 Å². The van der Waals surface area contributed by atoms with E-state index in [1.54, 1.807) is 24.3 Å². The van der Waals surface area contributed by atoms with Crippen LogP contribution in [0.4, 0.5) is 4.39 Å². The van der Waals surface area contributed by atoms with Crippen LogP contribution in [-0.2, 0) is 11.2 Å². The number of benzene rings is 1. The van der Waals surface area contributed by atoms with Gasteiger partial charge in [0.15, 0.2) is 0 Å². The molecule has 82 valence electrons. The van der Waals surface area contributed by atoms with Crippen LogP contribution in [0.1, 0.15) is 12.0 Å². The van der Waals surface area contributed by atoms with Crippen molar-refractivity contribution in [3.63, 3.8) is 0 Å². The van der Waals surface area contributed by atoms with Crippen LogP contribution in [0.25, 0.3) is 0 Å². The van der Waals surface area contributed by atoms with Crippen LogP contribution in [0.5, 0.6) is 0 Å². The van der Waals surface area contributed by atoms with E-state index in [4.69, 9.17) is 16.7 Å². The first-order valence-corrected chi connectivity index (χ1v) is 5.05. The molecular formula is C11H12ClFO2. The van der Waals surface area contributed by atoms with Crippen LogP contribution in [0.15, 0.2) is 24.3 Å². The average molecular weight is 231 g/mol. The van der Waals surface area contributed by atoms with Gasteiger partial charge in [0, 0.05) is 5.02 Å². The number of aliphatic carboxylic acids is 1. The fraction of sp³-hybridized carbons (Fsp3) is 0.364. The van der Waals surface area contributed by atoms with Crippen molar-refractivity contribution < 1.29 is 14.3 Å². The third-order valence-electron chi connectivity index (χ3n) is 2.23. The van der Waals surface area contributed by atoms with Crippen molar-refractivity contribution in [2.75, 3.05) is 6.67 Å². The van der Waals surface area contributed by atoms with E-state index in [2.05, 4.69) is 0 Å². The van der Waals surface area contributed by atoms with Gasteiger partial charge in [-0.05, 0) is 24.5 Å². The number of rotatable bonds is 5. The highest BCUT2D eigenvalue weighted by Gasteiger charge is 2.18. The van der Waals surface area contributed by atoms with Crippen LogP contribution < -0.4 is 0 Å². The molecule has 0 saturated heterocycles. The van der Waals surface area contributed by atoms with E-state index in [9.17, 15) is 9.18 Å². The maximum Gasteiger partial charge on any atom is 0.306 e. The van der Waals surface area contributed by atoms with Crippen LogP contribution >= 0.6 is 11.6 Å². The van der Waals surface area contributed by atoms with Gasteiger partial charge < -0.3 is 5.11 Å². The summed E-state index contributed by atoms with van der Waals surface area (Å²) in [6.07, 6.45) is 0.305. The normalized spacial score (nSPS) is 12.4.